The fourth-order valence-corrected chi connectivity index (χ4v) is 6.81. The van der Waals surface area contributed by atoms with E-state index in [9.17, 15) is 10.2 Å². The maximum absolute atomic E-state index is 11.2. The lowest BCUT2D eigenvalue weighted by atomic mass is 9.48. The number of aliphatic hydroxyl groups excluding tert-OH is 1. The fraction of sp³-hybridized carbons (Fsp3) is 0.619. The van der Waals surface area contributed by atoms with E-state index >= 15 is 0 Å². The smallest absolute Gasteiger partial charge is 0.119 e. The van der Waals surface area contributed by atoms with E-state index in [4.69, 9.17) is 4.74 Å². The molecule has 0 spiro atoms. The number of fused-ring (bicyclic) bond motifs is 3. The molecule has 3 heteroatoms. The molecule has 2 fully saturated rings. The molecule has 0 radical (unpaired) electrons. The molecule has 0 heterocycles. The number of hydrogen-bond acceptors (Lipinski definition) is 3. The van der Waals surface area contributed by atoms with E-state index < -0.39 is 11.7 Å². The summed E-state index contributed by atoms with van der Waals surface area (Å²) < 4.78 is 5.40. The Morgan fingerprint density at radius 2 is 2.04 bits per heavy atom. The summed E-state index contributed by atoms with van der Waals surface area (Å²) in [5, 5.41) is 21.8. The SMILES string of the molecule is COc1ccc2c(c1)CC[C@@H]1[C@@H]2CC[C@@]2(C)[C@]13C=C[C@]2(O)[C@@H](O)C3. The molecule has 2 bridgehead atoms. The van der Waals surface area contributed by atoms with E-state index in [0.717, 1.165) is 31.4 Å². The molecule has 2 N–H and O–H groups in total. The number of aliphatic hydroxyl groups is 2. The molecule has 0 unspecified atom stereocenters. The van der Waals surface area contributed by atoms with E-state index in [1.807, 2.05) is 6.08 Å². The van der Waals surface area contributed by atoms with E-state index in [1.54, 1.807) is 7.11 Å². The van der Waals surface area contributed by atoms with Crippen LogP contribution < -0.4 is 4.74 Å². The van der Waals surface area contributed by atoms with Crippen LogP contribution in [0.25, 0.3) is 0 Å². The second kappa shape index (κ2) is 4.44. The largest absolute Gasteiger partial charge is 0.497 e. The van der Waals surface area contributed by atoms with Crippen LogP contribution in [0.3, 0.4) is 0 Å². The van der Waals surface area contributed by atoms with Crippen molar-refractivity contribution in [1.29, 1.82) is 0 Å². The fourth-order valence-electron chi connectivity index (χ4n) is 6.81. The molecule has 4 aliphatic rings. The van der Waals surface area contributed by atoms with E-state index in [1.165, 1.54) is 11.1 Å². The number of allylic oxidation sites excluding steroid dienone is 1. The summed E-state index contributed by atoms with van der Waals surface area (Å²) in [6, 6.07) is 6.53. The Balaban J connectivity index is 1.61. The maximum atomic E-state index is 11.2. The van der Waals surface area contributed by atoms with Gasteiger partial charge in [0, 0.05) is 10.8 Å². The van der Waals surface area contributed by atoms with Gasteiger partial charge in [0.05, 0.1) is 13.2 Å². The second-order valence-electron chi connectivity index (χ2n) is 8.61. The Bertz CT molecular complexity index is 741. The van der Waals surface area contributed by atoms with Crippen LogP contribution in [0.4, 0.5) is 0 Å². The van der Waals surface area contributed by atoms with Crippen molar-refractivity contribution in [2.45, 2.75) is 56.7 Å². The predicted octanol–water partition coefficient (Wildman–Crippen LogP) is 3.19. The van der Waals surface area contributed by atoms with Crippen molar-refractivity contribution < 1.29 is 14.9 Å². The minimum absolute atomic E-state index is 0.0539. The summed E-state index contributed by atoms with van der Waals surface area (Å²) in [6.45, 7) is 2.21. The Morgan fingerprint density at radius 1 is 1.21 bits per heavy atom. The molecule has 3 nitrogen and oxygen atoms in total. The zero-order valence-corrected chi connectivity index (χ0v) is 14.5. The summed E-state index contributed by atoms with van der Waals surface area (Å²) in [7, 11) is 1.72. The van der Waals surface area contributed by atoms with Gasteiger partial charge in [-0.15, -0.1) is 0 Å². The average molecular weight is 326 g/mol. The van der Waals surface area contributed by atoms with Gasteiger partial charge in [0.1, 0.15) is 11.4 Å². The highest BCUT2D eigenvalue weighted by atomic mass is 16.5. The van der Waals surface area contributed by atoms with Crippen LogP contribution in [-0.4, -0.2) is 29.0 Å². The first-order valence-electron chi connectivity index (χ1n) is 9.23. The van der Waals surface area contributed by atoms with Crippen molar-refractivity contribution in [3.05, 3.63) is 41.5 Å². The number of ether oxygens (including phenoxy) is 1. The van der Waals surface area contributed by atoms with Crippen LogP contribution in [0, 0.1) is 16.7 Å². The molecule has 6 atom stereocenters. The van der Waals surface area contributed by atoms with Gasteiger partial charge in [0.15, 0.2) is 0 Å². The highest BCUT2D eigenvalue weighted by molar-refractivity contribution is 5.45. The molecule has 24 heavy (non-hydrogen) atoms. The highest BCUT2D eigenvalue weighted by Gasteiger charge is 2.74. The first-order chi connectivity index (χ1) is 11.5. The Morgan fingerprint density at radius 3 is 2.79 bits per heavy atom. The average Bonchev–Trinajstić information content (AvgIpc) is 2.93. The molecule has 1 aromatic carbocycles. The maximum Gasteiger partial charge on any atom is 0.119 e. The van der Waals surface area contributed by atoms with E-state index in [-0.39, 0.29) is 10.8 Å². The van der Waals surface area contributed by atoms with Crippen molar-refractivity contribution in [1.82, 2.24) is 0 Å². The zero-order valence-electron chi connectivity index (χ0n) is 14.5. The van der Waals surface area contributed by atoms with Gasteiger partial charge < -0.3 is 14.9 Å². The van der Waals surface area contributed by atoms with Gasteiger partial charge >= 0.3 is 0 Å². The van der Waals surface area contributed by atoms with Gasteiger partial charge in [-0.05, 0) is 67.2 Å². The van der Waals surface area contributed by atoms with Crippen LogP contribution >= 0.6 is 0 Å². The third kappa shape index (κ3) is 1.44. The summed E-state index contributed by atoms with van der Waals surface area (Å²) in [5.41, 5.74) is 1.59. The molecule has 1 aromatic rings. The van der Waals surface area contributed by atoms with Crippen molar-refractivity contribution in [3.63, 3.8) is 0 Å². The van der Waals surface area contributed by atoms with Gasteiger partial charge in [-0.1, -0.05) is 25.1 Å². The molecular weight excluding hydrogens is 300 g/mol. The van der Waals surface area contributed by atoms with Crippen molar-refractivity contribution in [2.24, 2.45) is 16.7 Å². The van der Waals surface area contributed by atoms with Gasteiger partial charge in [-0.3, -0.25) is 0 Å². The van der Waals surface area contributed by atoms with Gasteiger partial charge in [-0.25, -0.2) is 0 Å². The monoisotopic (exact) mass is 326 g/mol. The molecule has 4 aliphatic carbocycles. The van der Waals surface area contributed by atoms with Crippen LogP contribution in [-0.2, 0) is 6.42 Å². The molecule has 0 aliphatic heterocycles. The lowest BCUT2D eigenvalue weighted by molar-refractivity contribution is -0.112. The molecule has 0 amide bonds. The molecule has 0 saturated heterocycles. The van der Waals surface area contributed by atoms with Gasteiger partial charge in [0.25, 0.3) is 0 Å². The number of aryl methyl sites for hydroxylation is 1. The highest BCUT2D eigenvalue weighted by Crippen LogP contribution is 2.74. The first kappa shape index (κ1) is 15.0. The van der Waals surface area contributed by atoms with Crippen molar-refractivity contribution in [3.8, 4) is 5.75 Å². The summed E-state index contributed by atoms with van der Waals surface area (Å²) >= 11 is 0. The van der Waals surface area contributed by atoms with Crippen LogP contribution in [0.2, 0.25) is 0 Å². The second-order valence-corrected chi connectivity index (χ2v) is 8.61. The van der Waals surface area contributed by atoms with Crippen LogP contribution in [0.5, 0.6) is 5.75 Å². The van der Waals surface area contributed by atoms with Crippen LogP contribution in [0.1, 0.15) is 49.7 Å². The summed E-state index contributed by atoms with van der Waals surface area (Å²) in [4.78, 5) is 0. The standard InChI is InChI=1S/C21H26O3/c1-19-8-7-16-15-5-4-14(24-2)11-13(15)3-6-17(16)20(19)9-10-21(19,23)18(22)12-20/h4-5,9-11,16-18,22-23H,3,6-8,12H2,1-2H3/t16-,17-,18+,19+,20+,21+/m1/s1. The topological polar surface area (TPSA) is 49.7 Å². The number of rotatable bonds is 1. The molecular formula is C21H26O3. The van der Waals surface area contributed by atoms with Crippen LogP contribution in [0.15, 0.2) is 30.4 Å². The minimum atomic E-state index is -1.03. The van der Waals surface area contributed by atoms with E-state index in [2.05, 4.69) is 31.2 Å². The van der Waals surface area contributed by atoms with Gasteiger partial charge in [-0.2, -0.15) is 0 Å². The third-order valence-electron chi connectivity index (χ3n) is 8.16. The quantitative estimate of drug-likeness (QED) is 0.779. The first-order valence-corrected chi connectivity index (χ1v) is 9.23. The Labute approximate surface area is 143 Å². The lowest BCUT2D eigenvalue weighted by Crippen LogP contribution is -2.53. The Hall–Kier alpha value is -1.32. The molecule has 5 rings (SSSR count). The summed E-state index contributed by atoms with van der Waals surface area (Å²) in [6.07, 6.45) is 8.55. The molecule has 128 valence electrons. The van der Waals surface area contributed by atoms with Crippen molar-refractivity contribution in [2.75, 3.05) is 7.11 Å². The predicted molar refractivity (Wildman–Crippen MR) is 92.0 cm³/mol. The number of benzene rings is 1. The number of hydrogen-bond donors (Lipinski definition) is 2. The van der Waals surface area contributed by atoms with Crippen molar-refractivity contribution >= 4 is 0 Å². The zero-order chi connectivity index (χ0) is 16.7. The van der Waals surface area contributed by atoms with E-state index in [0.29, 0.717) is 18.3 Å². The minimum Gasteiger partial charge on any atom is -0.497 e. The molecule has 0 aromatic heterocycles. The number of methoxy groups -OCH3 is 1. The lowest BCUT2D eigenvalue weighted by Gasteiger charge is -2.56. The Kier molecular flexibility index (Phi) is 2.77. The normalized spacial score (nSPS) is 47.9. The molecule has 2 saturated carbocycles. The third-order valence-corrected chi connectivity index (χ3v) is 8.16. The van der Waals surface area contributed by atoms with Gasteiger partial charge in [0.2, 0.25) is 0 Å². The summed E-state index contributed by atoms with van der Waals surface area (Å²) in [5.74, 6) is 1.99.